The van der Waals surface area contributed by atoms with Crippen LogP contribution in [0.25, 0.3) is 11.1 Å². The number of carboxylic acids is 1. The van der Waals surface area contributed by atoms with Crippen LogP contribution in [0, 0.1) is 0 Å². The van der Waals surface area contributed by atoms with Crippen LogP contribution in [0.4, 0.5) is 4.79 Å². The van der Waals surface area contributed by atoms with Crippen LogP contribution >= 0.6 is 11.6 Å². The summed E-state index contributed by atoms with van der Waals surface area (Å²) in [4.78, 5) is 24.0. The SMILES string of the molecule is O=C(N[C@@H](Cc1ccccc1Cl)C(=O)O)OCC1c2ccccc2-c2ccccc21. The van der Waals surface area contributed by atoms with Gasteiger partial charge < -0.3 is 15.2 Å². The van der Waals surface area contributed by atoms with Crippen molar-refractivity contribution in [3.63, 3.8) is 0 Å². The van der Waals surface area contributed by atoms with Crippen LogP contribution in [-0.4, -0.2) is 29.8 Å². The van der Waals surface area contributed by atoms with Gasteiger partial charge in [-0.1, -0.05) is 78.3 Å². The van der Waals surface area contributed by atoms with Crippen molar-refractivity contribution < 1.29 is 19.4 Å². The quantitative estimate of drug-likeness (QED) is 0.595. The van der Waals surface area contributed by atoms with Gasteiger partial charge in [0, 0.05) is 17.4 Å². The summed E-state index contributed by atoms with van der Waals surface area (Å²) in [6.45, 7) is 0.123. The summed E-state index contributed by atoms with van der Waals surface area (Å²) >= 11 is 6.12. The standard InChI is InChI=1S/C24H20ClNO4/c25-21-12-6-1-7-15(21)13-22(23(27)28)26-24(29)30-14-20-18-10-4-2-8-16(18)17-9-3-5-11-19(17)20/h1-12,20,22H,13-14H2,(H,26,29)(H,27,28)/t22-/m0/s1. The lowest BCUT2D eigenvalue weighted by molar-refractivity contribution is -0.139. The lowest BCUT2D eigenvalue weighted by atomic mass is 9.98. The number of halogens is 1. The highest BCUT2D eigenvalue weighted by Crippen LogP contribution is 2.44. The van der Waals surface area contributed by atoms with Crippen molar-refractivity contribution in [2.24, 2.45) is 0 Å². The van der Waals surface area contributed by atoms with Gasteiger partial charge in [0.15, 0.2) is 0 Å². The van der Waals surface area contributed by atoms with E-state index in [4.69, 9.17) is 16.3 Å². The van der Waals surface area contributed by atoms with Gasteiger partial charge >= 0.3 is 12.1 Å². The number of carboxylic acid groups (broad SMARTS) is 1. The summed E-state index contributed by atoms with van der Waals surface area (Å²) in [5.41, 5.74) is 5.09. The topological polar surface area (TPSA) is 75.6 Å². The summed E-state index contributed by atoms with van der Waals surface area (Å²) in [5, 5.41) is 12.4. The number of ether oxygens (including phenoxy) is 1. The molecule has 1 aliphatic carbocycles. The summed E-state index contributed by atoms with van der Waals surface area (Å²) in [6, 6.07) is 21.9. The lowest BCUT2D eigenvalue weighted by Crippen LogP contribution is -2.43. The van der Waals surface area contributed by atoms with Gasteiger partial charge in [-0.15, -0.1) is 0 Å². The predicted molar refractivity (Wildman–Crippen MR) is 115 cm³/mol. The molecule has 152 valence electrons. The molecule has 4 rings (SSSR count). The Kier molecular flexibility index (Phi) is 5.72. The number of rotatable bonds is 6. The molecular weight excluding hydrogens is 402 g/mol. The Morgan fingerprint density at radius 2 is 1.50 bits per heavy atom. The van der Waals surface area contributed by atoms with Gasteiger partial charge in [-0.3, -0.25) is 0 Å². The van der Waals surface area contributed by atoms with Crippen LogP contribution in [0.2, 0.25) is 5.02 Å². The normalized spacial score (nSPS) is 13.2. The fourth-order valence-electron chi connectivity index (χ4n) is 3.87. The maximum Gasteiger partial charge on any atom is 0.407 e. The molecule has 5 nitrogen and oxygen atoms in total. The molecule has 3 aromatic rings. The number of fused-ring (bicyclic) bond motifs is 3. The average Bonchev–Trinajstić information content (AvgIpc) is 3.07. The number of amides is 1. The fraction of sp³-hybridized carbons (Fsp3) is 0.167. The number of aliphatic carboxylic acids is 1. The molecule has 1 aliphatic rings. The van der Waals surface area contributed by atoms with Crippen LogP contribution in [-0.2, 0) is 16.0 Å². The number of hydrogen-bond donors (Lipinski definition) is 2. The number of alkyl carbamates (subject to hydrolysis) is 1. The van der Waals surface area contributed by atoms with Crippen molar-refractivity contribution in [3.8, 4) is 11.1 Å². The van der Waals surface area contributed by atoms with Crippen LogP contribution in [0.15, 0.2) is 72.8 Å². The molecule has 0 aliphatic heterocycles. The summed E-state index contributed by atoms with van der Waals surface area (Å²) in [7, 11) is 0. The monoisotopic (exact) mass is 421 g/mol. The molecular formula is C24H20ClNO4. The number of benzene rings is 3. The van der Waals surface area contributed by atoms with Gasteiger partial charge in [-0.2, -0.15) is 0 Å². The lowest BCUT2D eigenvalue weighted by Gasteiger charge is -2.18. The van der Waals surface area contributed by atoms with E-state index >= 15 is 0 Å². The van der Waals surface area contributed by atoms with E-state index in [2.05, 4.69) is 17.4 Å². The maximum atomic E-state index is 12.4. The second-order valence-corrected chi connectivity index (χ2v) is 7.56. The molecule has 30 heavy (non-hydrogen) atoms. The Labute approximate surface area is 179 Å². The third-order valence-corrected chi connectivity index (χ3v) is 5.68. The zero-order chi connectivity index (χ0) is 21.1. The Balaban J connectivity index is 1.44. The molecule has 0 radical (unpaired) electrons. The molecule has 1 atom stereocenters. The first-order valence-electron chi connectivity index (χ1n) is 9.62. The van der Waals surface area contributed by atoms with E-state index in [0.29, 0.717) is 10.6 Å². The van der Waals surface area contributed by atoms with Crippen molar-refractivity contribution in [2.45, 2.75) is 18.4 Å². The molecule has 0 aromatic heterocycles. The third kappa shape index (κ3) is 4.02. The summed E-state index contributed by atoms with van der Waals surface area (Å²) in [6.07, 6.45) is -0.699. The average molecular weight is 422 g/mol. The van der Waals surface area contributed by atoms with Gasteiger partial charge in [0.2, 0.25) is 0 Å². The Bertz CT molecular complexity index is 1050. The van der Waals surface area contributed by atoms with Crippen LogP contribution in [0.1, 0.15) is 22.6 Å². The highest BCUT2D eigenvalue weighted by Gasteiger charge is 2.29. The van der Waals surface area contributed by atoms with E-state index in [9.17, 15) is 14.7 Å². The summed E-state index contributed by atoms with van der Waals surface area (Å²) < 4.78 is 5.44. The smallest absolute Gasteiger partial charge is 0.407 e. The van der Waals surface area contributed by atoms with Crippen molar-refractivity contribution in [1.29, 1.82) is 0 Å². The zero-order valence-corrected chi connectivity index (χ0v) is 16.8. The second kappa shape index (κ2) is 8.59. The van der Waals surface area contributed by atoms with Gasteiger partial charge in [-0.05, 0) is 33.9 Å². The first kappa shape index (κ1) is 20.0. The first-order valence-corrected chi connectivity index (χ1v) is 10.00. The van der Waals surface area contributed by atoms with Crippen molar-refractivity contribution in [3.05, 3.63) is 94.5 Å². The number of nitrogens with one attached hydrogen (secondary N) is 1. The molecule has 0 fully saturated rings. The molecule has 3 aromatic carbocycles. The van der Waals surface area contributed by atoms with Crippen molar-refractivity contribution in [2.75, 3.05) is 6.61 Å². The fourth-order valence-corrected chi connectivity index (χ4v) is 4.08. The minimum absolute atomic E-state index is 0.0687. The van der Waals surface area contributed by atoms with Crippen LogP contribution < -0.4 is 5.32 Å². The molecule has 0 unspecified atom stereocenters. The minimum Gasteiger partial charge on any atom is -0.480 e. The van der Waals surface area contributed by atoms with Gasteiger partial charge in [0.05, 0.1) is 0 Å². The van der Waals surface area contributed by atoms with Gasteiger partial charge in [0.25, 0.3) is 0 Å². The van der Waals surface area contributed by atoms with Crippen molar-refractivity contribution in [1.82, 2.24) is 5.32 Å². The second-order valence-electron chi connectivity index (χ2n) is 7.16. The zero-order valence-electron chi connectivity index (χ0n) is 16.0. The van der Waals surface area contributed by atoms with Crippen LogP contribution in [0.3, 0.4) is 0 Å². The largest absolute Gasteiger partial charge is 0.480 e. The number of carbonyl (C=O) groups excluding carboxylic acids is 1. The molecule has 6 heteroatoms. The first-order chi connectivity index (χ1) is 14.5. The van der Waals surface area contributed by atoms with E-state index in [-0.39, 0.29) is 18.9 Å². The Morgan fingerprint density at radius 1 is 0.933 bits per heavy atom. The van der Waals surface area contributed by atoms with Gasteiger partial charge in [-0.25, -0.2) is 9.59 Å². The molecule has 0 heterocycles. The van der Waals surface area contributed by atoms with Gasteiger partial charge in [0.1, 0.15) is 12.6 Å². The van der Waals surface area contributed by atoms with E-state index < -0.39 is 18.1 Å². The molecule has 0 bridgehead atoms. The third-order valence-electron chi connectivity index (χ3n) is 5.32. The predicted octanol–water partition coefficient (Wildman–Crippen LogP) is 4.87. The van der Waals surface area contributed by atoms with E-state index in [0.717, 1.165) is 22.3 Å². The molecule has 1 amide bonds. The van der Waals surface area contributed by atoms with E-state index in [1.807, 2.05) is 36.4 Å². The van der Waals surface area contributed by atoms with Crippen LogP contribution in [0.5, 0.6) is 0 Å². The number of hydrogen-bond acceptors (Lipinski definition) is 3. The highest BCUT2D eigenvalue weighted by atomic mass is 35.5. The van der Waals surface area contributed by atoms with Crippen molar-refractivity contribution >= 4 is 23.7 Å². The molecule has 2 N–H and O–H groups in total. The Hall–Kier alpha value is -3.31. The van der Waals surface area contributed by atoms with E-state index in [1.54, 1.807) is 24.3 Å². The Morgan fingerprint density at radius 3 is 2.10 bits per heavy atom. The maximum absolute atomic E-state index is 12.4. The highest BCUT2D eigenvalue weighted by molar-refractivity contribution is 6.31. The van der Waals surface area contributed by atoms with E-state index in [1.165, 1.54) is 0 Å². The minimum atomic E-state index is -1.15. The molecule has 0 spiro atoms. The summed E-state index contributed by atoms with van der Waals surface area (Å²) in [5.74, 6) is -1.24. The number of carbonyl (C=O) groups is 2. The molecule has 0 saturated carbocycles. The molecule has 0 saturated heterocycles.